The second-order valence-corrected chi connectivity index (χ2v) is 5.73. The highest BCUT2D eigenvalue weighted by Gasteiger charge is 2.19. The van der Waals surface area contributed by atoms with E-state index < -0.39 is 11.2 Å². The molecule has 0 spiro atoms. The zero-order chi connectivity index (χ0) is 13.7. The van der Waals surface area contributed by atoms with Crippen LogP contribution in [0.15, 0.2) is 59.5 Å². The van der Waals surface area contributed by atoms with Gasteiger partial charge < -0.3 is 5.11 Å². The van der Waals surface area contributed by atoms with Crippen molar-refractivity contribution in [3.05, 3.63) is 65.7 Å². The summed E-state index contributed by atoms with van der Waals surface area (Å²) in [6, 6.07) is 17.7. The van der Waals surface area contributed by atoms with Crippen LogP contribution in [0.2, 0.25) is 0 Å². The van der Waals surface area contributed by atoms with Gasteiger partial charge in [0.05, 0.1) is 0 Å². The third-order valence-corrected chi connectivity index (χ3v) is 4.00. The number of rotatable bonds is 5. The Morgan fingerprint density at radius 2 is 1.89 bits per heavy atom. The third kappa shape index (κ3) is 4.14. The van der Waals surface area contributed by atoms with Crippen LogP contribution in [0.3, 0.4) is 0 Å². The quantitative estimate of drug-likeness (QED) is 0.842. The Balaban J connectivity index is 2.11. The summed E-state index contributed by atoms with van der Waals surface area (Å²) >= 11 is 1.40. The molecule has 0 aromatic heterocycles. The number of benzene rings is 2. The normalized spacial score (nSPS) is 12.1. The molecule has 2 nitrogen and oxygen atoms in total. The van der Waals surface area contributed by atoms with E-state index in [1.54, 1.807) is 0 Å². The van der Waals surface area contributed by atoms with Crippen LogP contribution in [0.25, 0.3) is 0 Å². The lowest BCUT2D eigenvalue weighted by Gasteiger charge is -2.12. The lowest BCUT2D eigenvalue weighted by Crippen LogP contribution is -2.19. The van der Waals surface area contributed by atoms with Crippen LogP contribution in [0.5, 0.6) is 0 Å². The molecule has 2 rings (SSSR count). The molecule has 19 heavy (non-hydrogen) atoms. The molecule has 0 bridgehead atoms. The summed E-state index contributed by atoms with van der Waals surface area (Å²) in [5.41, 5.74) is 2.22. The van der Waals surface area contributed by atoms with Gasteiger partial charge in [0.1, 0.15) is 5.25 Å². The summed E-state index contributed by atoms with van der Waals surface area (Å²) in [7, 11) is 0. The van der Waals surface area contributed by atoms with E-state index in [4.69, 9.17) is 0 Å². The van der Waals surface area contributed by atoms with Crippen molar-refractivity contribution < 1.29 is 9.90 Å². The zero-order valence-corrected chi connectivity index (χ0v) is 11.6. The predicted molar refractivity (Wildman–Crippen MR) is 78.6 cm³/mol. The Morgan fingerprint density at radius 1 is 1.16 bits per heavy atom. The largest absolute Gasteiger partial charge is 0.480 e. The molecule has 0 saturated heterocycles. The van der Waals surface area contributed by atoms with E-state index in [0.717, 1.165) is 16.0 Å². The van der Waals surface area contributed by atoms with Crippen molar-refractivity contribution in [3.63, 3.8) is 0 Å². The van der Waals surface area contributed by atoms with Gasteiger partial charge in [0, 0.05) is 4.90 Å². The molecule has 98 valence electrons. The summed E-state index contributed by atoms with van der Waals surface area (Å²) < 4.78 is 0. The number of hydrogen-bond donors (Lipinski definition) is 1. The van der Waals surface area contributed by atoms with Crippen molar-refractivity contribution >= 4 is 17.7 Å². The Morgan fingerprint density at radius 3 is 2.53 bits per heavy atom. The van der Waals surface area contributed by atoms with Gasteiger partial charge in [0.25, 0.3) is 0 Å². The van der Waals surface area contributed by atoms with Crippen LogP contribution in [0, 0.1) is 6.92 Å². The molecule has 3 heteroatoms. The number of thioether (sulfide) groups is 1. The van der Waals surface area contributed by atoms with E-state index in [1.165, 1.54) is 11.8 Å². The standard InChI is InChI=1S/C16H16O2S/c1-12-6-5-7-13(10-12)11-15(16(17)18)19-14-8-3-2-4-9-14/h2-10,15H,11H2,1H3,(H,17,18). The molecule has 2 aromatic carbocycles. The van der Waals surface area contributed by atoms with E-state index >= 15 is 0 Å². The Hall–Kier alpha value is -1.74. The maximum absolute atomic E-state index is 11.4. The predicted octanol–water partition coefficient (Wildman–Crippen LogP) is 3.78. The average Bonchev–Trinajstić information content (AvgIpc) is 2.39. The van der Waals surface area contributed by atoms with Crippen LogP contribution in [-0.4, -0.2) is 16.3 Å². The molecule has 0 heterocycles. The molecular weight excluding hydrogens is 256 g/mol. The van der Waals surface area contributed by atoms with E-state index in [1.807, 2.05) is 61.5 Å². The summed E-state index contributed by atoms with van der Waals surface area (Å²) in [6.45, 7) is 2.02. The number of aryl methyl sites for hydroxylation is 1. The lowest BCUT2D eigenvalue weighted by atomic mass is 10.1. The van der Waals surface area contributed by atoms with Gasteiger partial charge in [-0.2, -0.15) is 0 Å². The second-order valence-electron chi connectivity index (χ2n) is 4.45. The van der Waals surface area contributed by atoms with Crippen LogP contribution < -0.4 is 0 Å². The van der Waals surface area contributed by atoms with Gasteiger partial charge in [-0.25, -0.2) is 0 Å². The first-order valence-corrected chi connectivity index (χ1v) is 7.03. The third-order valence-electron chi connectivity index (χ3n) is 2.80. The molecule has 0 radical (unpaired) electrons. The number of hydrogen-bond acceptors (Lipinski definition) is 2. The molecule has 1 N–H and O–H groups in total. The van der Waals surface area contributed by atoms with Crippen molar-refractivity contribution in [1.29, 1.82) is 0 Å². The highest BCUT2D eigenvalue weighted by Crippen LogP contribution is 2.26. The van der Waals surface area contributed by atoms with E-state index in [2.05, 4.69) is 0 Å². The van der Waals surface area contributed by atoms with Gasteiger partial charge in [-0.15, -0.1) is 11.8 Å². The Labute approximate surface area is 117 Å². The Bertz CT molecular complexity index is 552. The lowest BCUT2D eigenvalue weighted by molar-refractivity contribution is -0.136. The molecular formula is C16H16O2S. The zero-order valence-electron chi connectivity index (χ0n) is 10.7. The highest BCUT2D eigenvalue weighted by molar-refractivity contribution is 8.00. The van der Waals surface area contributed by atoms with Gasteiger partial charge in [0.15, 0.2) is 0 Å². The van der Waals surface area contributed by atoms with Crippen LogP contribution in [0.4, 0.5) is 0 Å². The first-order valence-electron chi connectivity index (χ1n) is 6.15. The number of carboxylic acids is 1. The van der Waals surface area contributed by atoms with Gasteiger partial charge in [-0.3, -0.25) is 4.79 Å². The highest BCUT2D eigenvalue weighted by atomic mass is 32.2. The fourth-order valence-corrected chi connectivity index (χ4v) is 2.92. The van der Waals surface area contributed by atoms with Gasteiger partial charge >= 0.3 is 5.97 Å². The van der Waals surface area contributed by atoms with Gasteiger partial charge in [-0.05, 0) is 31.0 Å². The molecule has 0 saturated carbocycles. The molecule has 0 aliphatic heterocycles. The summed E-state index contributed by atoms with van der Waals surface area (Å²) in [5, 5.41) is 8.89. The maximum atomic E-state index is 11.4. The first kappa shape index (κ1) is 13.7. The maximum Gasteiger partial charge on any atom is 0.317 e. The molecule has 1 atom stereocenters. The van der Waals surface area contributed by atoms with Crippen molar-refractivity contribution in [1.82, 2.24) is 0 Å². The smallest absolute Gasteiger partial charge is 0.317 e. The molecule has 2 aromatic rings. The minimum absolute atomic E-state index is 0.454. The van der Waals surface area contributed by atoms with Crippen molar-refractivity contribution in [3.8, 4) is 0 Å². The fourth-order valence-electron chi connectivity index (χ4n) is 1.90. The van der Waals surface area contributed by atoms with E-state index in [9.17, 15) is 9.90 Å². The van der Waals surface area contributed by atoms with E-state index in [0.29, 0.717) is 6.42 Å². The van der Waals surface area contributed by atoms with E-state index in [-0.39, 0.29) is 0 Å². The molecule has 0 fully saturated rings. The Kier molecular flexibility index (Phi) is 4.63. The van der Waals surface area contributed by atoms with Crippen LogP contribution in [-0.2, 0) is 11.2 Å². The first-order chi connectivity index (χ1) is 9.15. The summed E-state index contributed by atoms with van der Waals surface area (Å²) in [6.07, 6.45) is 0.538. The van der Waals surface area contributed by atoms with Gasteiger partial charge in [0.2, 0.25) is 0 Å². The fraction of sp³-hybridized carbons (Fsp3) is 0.188. The van der Waals surface area contributed by atoms with Crippen molar-refractivity contribution in [2.75, 3.05) is 0 Å². The molecule has 0 aliphatic rings. The molecule has 1 unspecified atom stereocenters. The minimum Gasteiger partial charge on any atom is -0.480 e. The number of carboxylic acid groups (broad SMARTS) is 1. The topological polar surface area (TPSA) is 37.3 Å². The molecule has 0 amide bonds. The summed E-state index contributed by atoms with van der Waals surface area (Å²) in [4.78, 5) is 12.4. The number of carbonyl (C=O) groups is 1. The second kappa shape index (κ2) is 6.43. The average molecular weight is 272 g/mol. The van der Waals surface area contributed by atoms with Crippen LogP contribution >= 0.6 is 11.8 Å². The molecule has 0 aliphatic carbocycles. The van der Waals surface area contributed by atoms with Crippen molar-refractivity contribution in [2.24, 2.45) is 0 Å². The monoisotopic (exact) mass is 272 g/mol. The number of aliphatic carboxylic acids is 1. The summed E-state index contributed by atoms with van der Waals surface area (Å²) in [5.74, 6) is -0.768. The van der Waals surface area contributed by atoms with Crippen molar-refractivity contribution in [2.45, 2.75) is 23.5 Å². The minimum atomic E-state index is -0.768. The van der Waals surface area contributed by atoms with Crippen LogP contribution in [0.1, 0.15) is 11.1 Å². The van der Waals surface area contributed by atoms with Gasteiger partial charge in [-0.1, -0.05) is 48.0 Å². The SMILES string of the molecule is Cc1cccc(CC(Sc2ccccc2)C(=O)O)c1.